The Kier molecular flexibility index (Phi) is 2.37. The topological polar surface area (TPSA) is 25.8 Å². The molecule has 5 heteroatoms. The third-order valence-electron chi connectivity index (χ3n) is 1.72. The molecule has 2 rings (SSSR count). The van der Waals surface area contributed by atoms with Gasteiger partial charge in [0.2, 0.25) is 0 Å². The summed E-state index contributed by atoms with van der Waals surface area (Å²) in [6, 6.07) is 4.05. The highest BCUT2D eigenvalue weighted by Gasteiger charge is 2.09. The SMILES string of the molecule is Fc1[c]c(F)c(-c2ncc(F)cn2)cc1. The first-order chi connectivity index (χ1) is 7.16. The predicted octanol–water partition coefficient (Wildman–Crippen LogP) is 2.36. The van der Waals surface area contributed by atoms with Crippen molar-refractivity contribution >= 4 is 0 Å². The van der Waals surface area contributed by atoms with Gasteiger partial charge in [-0.2, -0.15) is 0 Å². The van der Waals surface area contributed by atoms with E-state index in [1.54, 1.807) is 0 Å². The van der Waals surface area contributed by atoms with Crippen LogP contribution in [0.25, 0.3) is 11.4 Å². The lowest BCUT2D eigenvalue weighted by atomic mass is 10.2. The van der Waals surface area contributed by atoms with E-state index in [0.717, 1.165) is 18.5 Å². The normalized spacial score (nSPS) is 10.3. The van der Waals surface area contributed by atoms with Crippen molar-refractivity contribution in [2.45, 2.75) is 0 Å². The third kappa shape index (κ3) is 1.96. The van der Waals surface area contributed by atoms with Crippen molar-refractivity contribution in [3.8, 4) is 11.4 Å². The monoisotopic (exact) mass is 209 g/mol. The Morgan fingerprint density at radius 3 is 2.27 bits per heavy atom. The predicted molar refractivity (Wildman–Crippen MR) is 46.2 cm³/mol. The second-order valence-electron chi connectivity index (χ2n) is 2.76. The molecule has 0 saturated heterocycles. The summed E-state index contributed by atoms with van der Waals surface area (Å²) in [5.74, 6) is -2.34. The molecule has 1 aromatic carbocycles. The van der Waals surface area contributed by atoms with Crippen molar-refractivity contribution in [2.24, 2.45) is 0 Å². The summed E-state index contributed by atoms with van der Waals surface area (Å²) in [4.78, 5) is 7.14. The Morgan fingerprint density at radius 1 is 1.00 bits per heavy atom. The Bertz CT molecular complexity index is 483. The molecular weight excluding hydrogens is 205 g/mol. The first-order valence-electron chi connectivity index (χ1n) is 4.02. The largest absolute Gasteiger partial charge is 0.233 e. The van der Waals surface area contributed by atoms with E-state index >= 15 is 0 Å². The summed E-state index contributed by atoms with van der Waals surface area (Å²) in [5, 5.41) is 0. The van der Waals surface area contributed by atoms with E-state index in [1.807, 2.05) is 6.07 Å². The molecule has 0 amide bonds. The summed E-state index contributed by atoms with van der Waals surface area (Å²) in [5.41, 5.74) is -0.0172. The fourth-order valence-electron chi connectivity index (χ4n) is 1.07. The van der Waals surface area contributed by atoms with Gasteiger partial charge in [0, 0.05) is 0 Å². The van der Waals surface area contributed by atoms with Gasteiger partial charge in [0.25, 0.3) is 0 Å². The number of hydrogen-bond donors (Lipinski definition) is 0. The van der Waals surface area contributed by atoms with Gasteiger partial charge < -0.3 is 0 Å². The van der Waals surface area contributed by atoms with Crippen LogP contribution < -0.4 is 0 Å². The average Bonchev–Trinajstić information content (AvgIpc) is 2.20. The van der Waals surface area contributed by atoms with Crippen LogP contribution in [0.5, 0.6) is 0 Å². The smallest absolute Gasteiger partial charge is 0.162 e. The van der Waals surface area contributed by atoms with Gasteiger partial charge in [-0.3, -0.25) is 0 Å². The van der Waals surface area contributed by atoms with Crippen LogP contribution in [0.3, 0.4) is 0 Å². The summed E-state index contributed by atoms with van der Waals surface area (Å²) in [7, 11) is 0. The van der Waals surface area contributed by atoms with Crippen LogP contribution in [0.4, 0.5) is 13.2 Å². The van der Waals surface area contributed by atoms with E-state index < -0.39 is 17.5 Å². The molecule has 0 unspecified atom stereocenters. The van der Waals surface area contributed by atoms with Crippen molar-refractivity contribution in [3.05, 3.63) is 48.0 Å². The van der Waals surface area contributed by atoms with E-state index in [2.05, 4.69) is 9.97 Å². The van der Waals surface area contributed by atoms with Gasteiger partial charge in [-0.1, -0.05) is 0 Å². The second-order valence-corrected chi connectivity index (χ2v) is 2.76. The maximum atomic E-state index is 13.2. The minimum atomic E-state index is -0.901. The first kappa shape index (κ1) is 9.64. The number of halogens is 3. The van der Waals surface area contributed by atoms with Crippen molar-refractivity contribution in [3.63, 3.8) is 0 Å². The Morgan fingerprint density at radius 2 is 1.67 bits per heavy atom. The molecule has 0 atom stereocenters. The van der Waals surface area contributed by atoms with Crippen LogP contribution in [0.1, 0.15) is 0 Å². The lowest BCUT2D eigenvalue weighted by Crippen LogP contribution is -1.93. The zero-order valence-corrected chi connectivity index (χ0v) is 7.34. The molecule has 0 aliphatic carbocycles. The van der Waals surface area contributed by atoms with E-state index in [9.17, 15) is 13.2 Å². The van der Waals surface area contributed by atoms with Gasteiger partial charge in [-0.05, 0) is 12.1 Å². The zero-order valence-electron chi connectivity index (χ0n) is 7.34. The van der Waals surface area contributed by atoms with Crippen molar-refractivity contribution in [1.82, 2.24) is 9.97 Å². The molecule has 2 aromatic rings. The summed E-state index contributed by atoms with van der Waals surface area (Å²) >= 11 is 0. The minimum absolute atomic E-state index is 0.00912. The highest BCUT2D eigenvalue weighted by Crippen LogP contribution is 2.18. The van der Waals surface area contributed by atoms with E-state index in [4.69, 9.17) is 0 Å². The maximum Gasteiger partial charge on any atom is 0.162 e. The van der Waals surface area contributed by atoms with Gasteiger partial charge in [-0.25, -0.2) is 23.1 Å². The quantitative estimate of drug-likeness (QED) is 0.720. The lowest BCUT2D eigenvalue weighted by molar-refractivity contribution is 0.580. The standard InChI is InChI=1S/C10H4F3N2/c11-6-1-2-8(9(13)3-6)10-14-4-7(12)5-15-10/h1-2,4-5H. The van der Waals surface area contributed by atoms with Crippen LogP contribution in [-0.4, -0.2) is 9.97 Å². The van der Waals surface area contributed by atoms with E-state index in [-0.39, 0.29) is 11.4 Å². The van der Waals surface area contributed by atoms with Crippen LogP contribution >= 0.6 is 0 Å². The maximum absolute atomic E-state index is 13.2. The molecule has 1 heterocycles. The molecule has 75 valence electrons. The van der Waals surface area contributed by atoms with Gasteiger partial charge in [0.1, 0.15) is 11.6 Å². The second kappa shape index (κ2) is 3.68. The molecule has 0 saturated carbocycles. The number of benzene rings is 1. The molecular formula is C10H4F3N2. The van der Waals surface area contributed by atoms with E-state index in [0.29, 0.717) is 0 Å². The molecule has 0 aliphatic rings. The zero-order chi connectivity index (χ0) is 10.8. The average molecular weight is 209 g/mol. The Balaban J connectivity index is 2.49. The Labute approximate surface area is 83.4 Å². The molecule has 1 radical (unpaired) electrons. The van der Waals surface area contributed by atoms with Crippen LogP contribution in [0.2, 0.25) is 0 Å². The summed E-state index contributed by atoms with van der Waals surface area (Å²) in [6.45, 7) is 0. The van der Waals surface area contributed by atoms with Crippen molar-refractivity contribution < 1.29 is 13.2 Å². The molecule has 15 heavy (non-hydrogen) atoms. The molecule has 0 N–H and O–H groups in total. The summed E-state index contributed by atoms with van der Waals surface area (Å²) < 4.78 is 38.2. The lowest BCUT2D eigenvalue weighted by Gasteiger charge is -2.00. The minimum Gasteiger partial charge on any atom is -0.233 e. The number of aromatic nitrogens is 2. The van der Waals surface area contributed by atoms with Crippen molar-refractivity contribution in [1.29, 1.82) is 0 Å². The van der Waals surface area contributed by atoms with Gasteiger partial charge in [0.15, 0.2) is 11.6 Å². The van der Waals surface area contributed by atoms with E-state index in [1.165, 1.54) is 6.07 Å². The van der Waals surface area contributed by atoms with Crippen LogP contribution in [-0.2, 0) is 0 Å². The molecule has 1 aromatic heterocycles. The summed E-state index contributed by atoms with van der Waals surface area (Å²) in [6.07, 6.45) is 1.82. The number of nitrogens with zero attached hydrogens (tertiary/aromatic N) is 2. The number of rotatable bonds is 1. The highest BCUT2D eigenvalue weighted by atomic mass is 19.1. The fourth-order valence-corrected chi connectivity index (χ4v) is 1.07. The molecule has 0 aliphatic heterocycles. The molecule has 0 fully saturated rings. The number of hydrogen-bond acceptors (Lipinski definition) is 2. The first-order valence-corrected chi connectivity index (χ1v) is 4.02. The highest BCUT2D eigenvalue weighted by molar-refractivity contribution is 5.54. The molecule has 0 bridgehead atoms. The van der Waals surface area contributed by atoms with Crippen LogP contribution in [0.15, 0.2) is 24.5 Å². The van der Waals surface area contributed by atoms with Gasteiger partial charge in [-0.15, -0.1) is 0 Å². The van der Waals surface area contributed by atoms with Crippen LogP contribution in [0, 0.1) is 23.5 Å². The van der Waals surface area contributed by atoms with Gasteiger partial charge >= 0.3 is 0 Å². The third-order valence-corrected chi connectivity index (χ3v) is 1.72. The fraction of sp³-hybridized carbons (Fsp3) is 0. The van der Waals surface area contributed by atoms with Gasteiger partial charge in [0.05, 0.1) is 24.0 Å². The van der Waals surface area contributed by atoms with Crippen molar-refractivity contribution in [2.75, 3.05) is 0 Å². The molecule has 2 nitrogen and oxygen atoms in total. The Hall–Kier alpha value is -1.91. The molecule has 0 spiro atoms.